The Morgan fingerprint density at radius 3 is 2.46 bits per heavy atom. The zero-order valence-electron chi connectivity index (χ0n) is 14.8. The van der Waals surface area contributed by atoms with Gasteiger partial charge in [0.25, 0.3) is 0 Å². The number of methoxy groups -OCH3 is 2. The van der Waals surface area contributed by atoms with Crippen molar-refractivity contribution in [3.63, 3.8) is 0 Å². The molecule has 1 aromatic carbocycles. The van der Waals surface area contributed by atoms with Crippen LogP contribution in [0.5, 0.6) is 11.5 Å². The fourth-order valence-corrected chi connectivity index (χ4v) is 3.01. The van der Waals surface area contributed by atoms with Crippen molar-refractivity contribution < 1.29 is 9.47 Å². The van der Waals surface area contributed by atoms with Crippen LogP contribution in [0.4, 0.5) is 0 Å². The van der Waals surface area contributed by atoms with Crippen LogP contribution in [0.25, 0.3) is 0 Å². The van der Waals surface area contributed by atoms with E-state index in [1.165, 1.54) is 24.0 Å². The third-order valence-corrected chi connectivity index (χ3v) is 4.55. The number of halogens is 1. The van der Waals surface area contributed by atoms with E-state index in [-0.39, 0.29) is 24.0 Å². The molecule has 2 aliphatic rings. The summed E-state index contributed by atoms with van der Waals surface area (Å²) in [7, 11) is 3.37. The Balaban J connectivity index is 0.00000208. The summed E-state index contributed by atoms with van der Waals surface area (Å²) in [4.78, 5) is 7.17. The number of benzene rings is 1. The summed E-state index contributed by atoms with van der Waals surface area (Å²) in [6.45, 7) is 5.83. The predicted molar refractivity (Wildman–Crippen MR) is 108 cm³/mol. The molecule has 0 bridgehead atoms. The number of nitrogens with one attached hydrogen (secondary N) is 1. The molecule has 6 heteroatoms. The molecule has 1 saturated carbocycles. The van der Waals surface area contributed by atoms with Crippen LogP contribution >= 0.6 is 24.0 Å². The van der Waals surface area contributed by atoms with Gasteiger partial charge in [0, 0.05) is 26.2 Å². The van der Waals surface area contributed by atoms with E-state index in [9.17, 15) is 0 Å². The van der Waals surface area contributed by atoms with Gasteiger partial charge in [-0.05, 0) is 55.4 Å². The minimum absolute atomic E-state index is 0. The van der Waals surface area contributed by atoms with Gasteiger partial charge >= 0.3 is 0 Å². The molecule has 0 atom stereocenters. The Morgan fingerprint density at radius 1 is 1.21 bits per heavy atom. The molecule has 1 N–H and O–H groups in total. The SMILES string of the molecule is CCNC(=NCC1CC1)N1CCc2cc(OC)c(OC)cc2C1.I. The van der Waals surface area contributed by atoms with Gasteiger partial charge in [0.05, 0.1) is 14.2 Å². The van der Waals surface area contributed by atoms with Crippen molar-refractivity contribution >= 4 is 29.9 Å². The van der Waals surface area contributed by atoms with Crippen LogP contribution in [-0.4, -0.2) is 44.7 Å². The Hall–Kier alpha value is -1.18. The van der Waals surface area contributed by atoms with Crippen molar-refractivity contribution in [1.29, 1.82) is 0 Å². The van der Waals surface area contributed by atoms with Gasteiger partial charge < -0.3 is 19.7 Å². The maximum Gasteiger partial charge on any atom is 0.194 e. The maximum absolute atomic E-state index is 5.44. The Labute approximate surface area is 161 Å². The highest BCUT2D eigenvalue weighted by Gasteiger charge is 2.24. The third kappa shape index (κ3) is 4.46. The molecular weight excluding hydrogens is 417 g/mol. The summed E-state index contributed by atoms with van der Waals surface area (Å²) < 4.78 is 10.9. The van der Waals surface area contributed by atoms with E-state index in [1.807, 2.05) is 0 Å². The molecule has 0 radical (unpaired) electrons. The minimum atomic E-state index is 0. The zero-order valence-corrected chi connectivity index (χ0v) is 17.1. The summed E-state index contributed by atoms with van der Waals surface area (Å²) in [6.07, 6.45) is 3.68. The molecular formula is C18H28IN3O2. The van der Waals surface area contributed by atoms with Gasteiger partial charge in [0.2, 0.25) is 0 Å². The van der Waals surface area contributed by atoms with Gasteiger partial charge in [-0.15, -0.1) is 24.0 Å². The lowest BCUT2D eigenvalue weighted by molar-refractivity contribution is 0.346. The number of ether oxygens (including phenoxy) is 2. The number of rotatable bonds is 5. The van der Waals surface area contributed by atoms with Gasteiger partial charge in [0.15, 0.2) is 17.5 Å². The van der Waals surface area contributed by atoms with E-state index in [4.69, 9.17) is 14.5 Å². The quantitative estimate of drug-likeness (QED) is 0.430. The second-order valence-corrected chi connectivity index (χ2v) is 6.29. The first kappa shape index (κ1) is 19.1. The average Bonchev–Trinajstić information content (AvgIpc) is 3.41. The molecule has 0 unspecified atom stereocenters. The van der Waals surface area contributed by atoms with E-state index in [0.29, 0.717) is 0 Å². The van der Waals surface area contributed by atoms with E-state index in [1.54, 1.807) is 14.2 Å². The average molecular weight is 445 g/mol. The smallest absolute Gasteiger partial charge is 0.194 e. The number of nitrogens with zero attached hydrogens (tertiary/aromatic N) is 2. The number of hydrogen-bond acceptors (Lipinski definition) is 3. The molecule has 1 aliphatic heterocycles. The second-order valence-electron chi connectivity index (χ2n) is 6.29. The van der Waals surface area contributed by atoms with Gasteiger partial charge in [-0.25, -0.2) is 0 Å². The van der Waals surface area contributed by atoms with Crippen LogP contribution in [-0.2, 0) is 13.0 Å². The molecule has 0 spiro atoms. The van der Waals surface area contributed by atoms with Crippen molar-refractivity contribution in [3.8, 4) is 11.5 Å². The Morgan fingerprint density at radius 2 is 1.88 bits per heavy atom. The first-order valence-corrected chi connectivity index (χ1v) is 8.52. The maximum atomic E-state index is 5.44. The lowest BCUT2D eigenvalue weighted by Gasteiger charge is -2.32. The van der Waals surface area contributed by atoms with Gasteiger partial charge in [0.1, 0.15) is 0 Å². The van der Waals surface area contributed by atoms with Crippen LogP contribution in [0, 0.1) is 5.92 Å². The topological polar surface area (TPSA) is 46.1 Å². The molecule has 134 valence electrons. The fraction of sp³-hybridized carbons (Fsp3) is 0.611. The van der Waals surface area contributed by atoms with Crippen LogP contribution in [0.1, 0.15) is 30.9 Å². The zero-order chi connectivity index (χ0) is 16.2. The number of fused-ring (bicyclic) bond motifs is 1. The van der Waals surface area contributed by atoms with Gasteiger partial charge in [-0.1, -0.05) is 0 Å². The highest BCUT2D eigenvalue weighted by atomic mass is 127. The molecule has 1 heterocycles. The number of guanidine groups is 1. The van der Waals surface area contributed by atoms with Crippen LogP contribution in [0.15, 0.2) is 17.1 Å². The lowest BCUT2D eigenvalue weighted by Crippen LogP contribution is -2.44. The van der Waals surface area contributed by atoms with Crippen molar-refractivity contribution in [2.24, 2.45) is 10.9 Å². The first-order chi connectivity index (χ1) is 11.2. The molecule has 1 aromatic rings. The first-order valence-electron chi connectivity index (χ1n) is 8.52. The summed E-state index contributed by atoms with van der Waals surface area (Å²) in [6, 6.07) is 4.21. The highest BCUT2D eigenvalue weighted by Crippen LogP contribution is 2.33. The minimum Gasteiger partial charge on any atom is -0.493 e. The molecule has 3 rings (SSSR count). The van der Waals surface area contributed by atoms with E-state index >= 15 is 0 Å². The van der Waals surface area contributed by atoms with Crippen molar-refractivity contribution in [1.82, 2.24) is 10.2 Å². The highest BCUT2D eigenvalue weighted by molar-refractivity contribution is 14.0. The fourth-order valence-electron chi connectivity index (χ4n) is 3.01. The number of aliphatic imine (C=N–C) groups is 1. The van der Waals surface area contributed by atoms with Crippen molar-refractivity contribution in [2.45, 2.75) is 32.7 Å². The molecule has 24 heavy (non-hydrogen) atoms. The lowest BCUT2D eigenvalue weighted by atomic mass is 9.99. The van der Waals surface area contributed by atoms with Crippen LogP contribution in [0.3, 0.4) is 0 Å². The van der Waals surface area contributed by atoms with E-state index in [0.717, 1.165) is 56.0 Å². The van der Waals surface area contributed by atoms with Crippen LogP contribution in [0.2, 0.25) is 0 Å². The van der Waals surface area contributed by atoms with Crippen LogP contribution < -0.4 is 14.8 Å². The van der Waals surface area contributed by atoms with E-state index in [2.05, 4.69) is 29.3 Å². The van der Waals surface area contributed by atoms with Gasteiger partial charge in [-0.2, -0.15) is 0 Å². The summed E-state index contributed by atoms with van der Waals surface area (Å²) in [5, 5.41) is 3.44. The second kappa shape index (κ2) is 8.78. The molecule has 0 saturated heterocycles. The Bertz CT molecular complexity index is 588. The number of hydrogen-bond donors (Lipinski definition) is 1. The standard InChI is InChI=1S/C18H27N3O2.HI/c1-4-19-18(20-11-13-5-6-13)21-8-7-14-9-16(22-2)17(23-3)10-15(14)12-21;/h9-10,13H,4-8,11-12H2,1-3H3,(H,19,20);1H. The summed E-state index contributed by atoms with van der Waals surface area (Å²) >= 11 is 0. The molecule has 1 aliphatic carbocycles. The van der Waals surface area contributed by atoms with Crippen molar-refractivity contribution in [2.75, 3.05) is 33.9 Å². The predicted octanol–water partition coefficient (Wildman–Crippen LogP) is 3.06. The third-order valence-electron chi connectivity index (χ3n) is 4.55. The molecule has 0 amide bonds. The summed E-state index contributed by atoms with van der Waals surface area (Å²) in [5.74, 6) is 3.46. The summed E-state index contributed by atoms with van der Waals surface area (Å²) in [5.41, 5.74) is 2.64. The molecule has 1 fully saturated rings. The molecule has 0 aromatic heterocycles. The van der Waals surface area contributed by atoms with Crippen molar-refractivity contribution in [3.05, 3.63) is 23.3 Å². The van der Waals surface area contributed by atoms with Gasteiger partial charge in [-0.3, -0.25) is 4.99 Å². The molecule has 5 nitrogen and oxygen atoms in total. The normalized spacial score (nSPS) is 17.0. The monoisotopic (exact) mass is 445 g/mol. The largest absolute Gasteiger partial charge is 0.493 e. The van der Waals surface area contributed by atoms with E-state index < -0.39 is 0 Å². The Kier molecular flexibility index (Phi) is 7.01.